The molecule has 0 saturated heterocycles. The van der Waals surface area contributed by atoms with Gasteiger partial charge >= 0.3 is 6.03 Å². The molecule has 0 saturated carbocycles. The molecule has 0 aromatic carbocycles. The van der Waals surface area contributed by atoms with Gasteiger partial charge in [-0.05, 0) is 45.9 Å². The second-order valence-electron chi connectivity index (χ2n) is 6.42. The molecule has 2 heterocycles. The number of nitrogens with zero attached hydrogens (tertiary/aromatic N) is 3. The van der Waals surface area contributed by atoms with Crippen LogP contribution in [0.15, 0.2) is 36.8 Å². The van der Waals surface area contributed by atoms with Crippen molar-refractivity contribution in [3.8, 4) is 5.82 Å². The summed E-state index contributed by atoms with van der Waals surface area (Å²) in [5, 5.41) is 12.1. The fourth-order valence-electron chi connectivity index (χ4n) is 1.91. The molecule has 2 rings (SSSR count). The maximum atomic E-state index is 12.0. The van der Waals surface area contributed by atoms with Gasteiger partial charge in [-0.1, -0.05) is 0 Å². The summed E-state index contributed by atoms with van der Waals surface area (Å²) >= 11 is 0. The lowest BCUT2D eigenvalue weighted by Crippen LogP contribution is -2.51. The lowest BCUT2D eigenvalue weighted by atomic mass is 10.1. The molecule has 2 aromatic rings. The average Bonchev–Trinajstić information content (AvgIpc) is 3.00. The van der Waals surface area contributed by atoms with Gasteiger partial charge in [0.15, 0.2) is 5.82 Å². The van der Waals surface area contributed by atoms with Gasteiger partial charge in [-0.2, -0.15) is 5.10 Å². The van der Waals surface area contributed by atoms with Crippen molar-refractivity contribution in [3.63, 3.8) is 0 Å². The Bertz CT molecular complexity index is 688. The highest BCUT2D eigenvalue weighted by Gasteiger charge is 2.20. The minimum atomic E-state index is -0.652. The fourth-order valence-corrected chi connectivity index (χ4v) is 1.91. The van der Waals surface area contributed by atoms with Gasteiger partial charge in [0.25, 0.3) is 0 Å². The maximum Gasteiger partial charge on any atom is 0.319 e. The van der Waals surface area contributed by atoms with E-state index < -0.39 is 12.1 Å². The first-order chi connectivity index (χ1) is 11.2. The van der Waals surface area contributed by atoms with Crippen LogP contribution in [0.25, 0.3) is 5.82 Å². The van der Waals surface area contributed by atoms with Crippen molar-refractivity contribution < 1.29 is 9.59 Å². The van der Waals surface area contributed by atoms with Crippen LogP contribution < -0.4 is 16.0 Å². The van der Waals surface area contributed by atoms with Crippen molar-refractivity contribution in [2.24, 2.45) is 0 Å². The number of pyridine rings is 1. The maximum absolute atomic E-state index is 12.0. The van der Waals surface area contributed by atoms with Gasteiger partial charge in [-0.3, -0.25) is 4.79 Å². The zero-order valence-electron chi connectivity index (χ0n) is 14.2. The number of anilines is 1. The van der Waals surface area contributed by atoms with Gasteiger partial charge in [-0.25, -0.2) is 14.5 Å². The summed E-state index contributed by atoms with van der Waals surface area (Å²) < 4.78 is 1.61. The standard InChI is InChI=1S/C16H22N6O2/c1-11(14(23)21-16(2,3)4)19-15(24)20-12-6-7-13(17-10-12)22-9-5-8-18-22/h5-11H,1-4H3,(H,21,23)(H2,19,20,24)/t11-/m1/s1. The Kier molecular flexibility index (Phi) is 5.18. The molecule has 0 aliphatic carbocycles. The molecule has 0 fully saturated rings. The van der Waals surface area contributed by atoms with E-state index in [0.29, 0.717) is 11.5 Å². The van der Waals surface area contributed by atoms with Crippen molar-refractivity contribution >= 4 is 17.6 Å². The molecule has 0 spiro atoms. The molecule has 8 heteroatoms. The van der Waals surface area contributed by atoms with Crippen LogP contribution in [0.3, 0.4) is 0 Å². The van der Waals surface area contributed by atoms with Crippen molar-refractivity contribution in [2.45, 2.75) is 39.3 Å². The van der Waals surface area contributed by atoms with Crippen LogP contribution in [0, 0.1) is 0 Å². The number of nitrogens with one attached hydrogen (secondary N) is 3. The molecule has 0 unspecified atom stereocenters. The molecule has 24 heavy (non-hydrogen) atoms. The van der Waals surface area contributed by atoms with E-state index in [1.807, 2.05) is 20.8 Å². The first kappa shape index (κ1) is 17.5. The van der Waals surface area contributed by atoms with Gasteiger partial charge in [-0.15, -0.1) is 0 Å². The van der Waals surface area contributed by atoms with E-state index >= 15 is 0 Å². The molecule has 3 N–H and O–H groups in total. The Labute approximate surface area is 140 Å². The van der Waals surface area contributed by atoms with Gasteiger partial charge in [0, 0.05) is 17.9 Å². The molecule has 8 nitrogen and oxygen atoms in total. The average molecular weight is 330 g/mol. The highest BCUT2D eigenvalue weighted by molar-refractivity contribution is 5.93. The Balaban J connectivity index is 1.89. The smallest absolute Gasteiger partial charge is 0.319 e. The molecule has 2 aromatic heterocycles. The van der Waals surface area contributed by atoms with Crippen LogP contribution in [0.1, 0.15) is 27.7 Å². The molecule has 1 atom stereocenters. The van der Waals surface area contributed by atoms with Crippen LogP contribution >= 0.6 is 0 Å². The molecule has 128 valence electrons. The Morgan fingerprint density at radius 3 is 2.54 bits per heavy atom. The van der Waals surface area contributed by atoms with Crippen LogP contribution in [-0.2, 0) is 4.79 Å². The lowest BCUT2D eigenvalue weighted by molar-refractivity contribution is -0.123. The summed E-state index contributed by atoms with van der Waals surface area (Å²) in [5.74, 6) is 0.397. The third-order valence-electron chi connectivity index (χ3n) is 2.98. The summed E-state index contributed by atoms with van der Waals surface area (Å²) in [7, 11) is 0. The molecule has 0 aliphatic heterocycles. The lowest BCUT2D eigenvalue weighted by Gasteiger charge is -2.23. The first-order valence-corrected chi connectivity index (χ1v) is 7.60. The van der Waals surface area contributed by atoms with Crippen LogP contribution in [0.4, 0.5) is 10.5 Å². The zero-order valence-corrected chi connectivity index (χ0v) is 14.2. The molecular weight excluding hydrogens is 308 g/mol. The van der Waals surface area contributed by atoms with E-state index in [1.54, 1.807) is 42.2 Å². The van der Waals surface area contributed by atoms with Gasteiger partial charge < -0.3 is 16.0 Å². The van der Waals surface area contributed by atoms with E-state index in [9.17, 15) is 9.59 Å². The van der Waals surface area contributed by atoms with Crippen molar-refractivity contribution in [3.05, 3.63) is 36.8 Å². The van der Waals surface area contributed by atoms with E-state index in [1.165, 1.54) is 6.20 Å². The summed E-state index contributed by atoms with van der Waals surface area (Å²) in [5.41, 5.74) is 0.169. The largest absolute Gasteiger partial charge is 0.350 e. The summed E-state index contributed by atoms with van der Waals surface area (Å²) in [6, 6.07) is 4.12. The quantitative estimate of drug-likeness (QED) is 0.794. The summed E-state index contributed by atoms with van der Waals surface area (Å²) in [6.07, 6.45) is 4.96. The van der Waals surface area contributed by atoms with Crippen LogP contribution in [0.5, 0.6) is 0 Å². The Hall–Kier alpha value is -2.90. The van der Waals surface area contributed by atoms with Gasteiger partial charge in [0.2, 0.25) is 5.91 Å². The number of urea groups is 1. The minimum absolute atomic E-state index is 0.246. The van der Waals surface area contributed by atoms with Crippen molar-refractivity contribution in [1.29, 1.82) is 0 Å². The first-order valence-electron chi connectivity index (χ1n) is 7.60. The third-order valence-corrected chi connectivity index (χ3v) is 2.98. The number of hydrogen-bond donors (Lipinski definition) is 3. The van der Waals surface area contributed by atoms with E-state index in [0.717, 1.165) is 0 Å². The van der Waals surface area contributed by atoms with Gasteiger partial charge in [0.1, 0.15) is 6.04 Å². The Morgan fingerprint density at radius 1 is 1.25 bits per heavy atom. The normalized spacial score (nSPS) is 12.3. The summed E-state index contributed by atoms with van der Waals surface area (Å²) in [6.45, 7) is 7.26. The number of hydrogen-bond acceptors (Lipinski definition) is 4. The predicted molar refractivity (Wildman–Crippen MR) is 90.9 cm³/mol. The molecular formula is C16H22N6O2. The number of amides is 3. The van der Waals surface area contributed by atoms with Crippen molar-refractivity contribution in [2.75, 3.05) is 5.32 Å². The van der Waals surface area contributed by atoms with Crippen LogP contribution in [-0.4, -0.2) is 38.3 Å². The highest BCUT2D eigenvalue weighted by Crippen LogP contribution is 2.09. The number of aromatic nitrogens is 3. The van der Waals surface area contributed by atoms with E-state index in [4.69, 9.17) is 0 Å². The zero-order chi connectivity index (χ0) is 17.7. The highest BCUT2D eigenvalue weighted by atomic mass is 16.2. The number of carbonyl (C=O) groups excluding carboxylic acids is 2. The monoisotopic (exact) mass is 330 g/mol. The predicted octanol–water partition coefficient (Wildman–Crippen LogP) is 1.69. The molecule has 3 amide bonds. The van der Waals surface area contributed by atoms with Crippen molar-refractivity contribution in [1.82, 2.24) is 25.4 Å². The van der Waals surface area contributed by atoms with Gasteiger partial charge in [0.05, 0.1) is 11.9 Å². The molecule has 0 radical (unpaired) electrons. The van der Waals surface area contributed by atoms with E-state index in [-0.39, 0.29) is 11.4 Å². The molecule has 0 bridgehead atoms. The second-order valence-corrected chi connectivity index (χ2v) is 6.42. The number of rotatable bonds is 4. The van der Waals surface area contributed by atoms with Crippen LogP contribution in [0.2, 0.25) is 0 Å². The molecule has 0 aliphatic rings. The summed E-state index contributed by atoms with van der Waals surface area (Å²) in [4.78, 5) is 28.1. The third kappa shape index (κ3) is 5.08. The SMILES string of the molecule is C[C@@H](NC(=O)Nc1ccc(-n2cccn2)nc1)C(=O)NC(C)(C)C. The van der Waals surface area contributed by atoms with E-state index in [2.05, 4.69) is 26.0 Å². The fraction of sp³-hybridized carbons (Fsp3) is 0.375. The second kappa shape index (κ2) is 7.12. The topological polar surface area (TPSA) is 101 Å². The minimum Gasteiger partial charge on any atom is -0.350 e. The Morgan fingerprint density at radius 2 is 2.00 bits per heavy atom. The number of carbonyl (C=O) groups is 2.